The van der Waals surface area contributed by atoms with Gasteiger partial charge in [0.25, 0.3) is 0 Å². The van der Waals surface area contributed by atoms with Gasteiger partial charge in [0.05, 0.1) is 11.6 Å². The second kappa shape index (κ2) is 8.31. The van der Waals surface area contributed by atoms with Gasteiger partial charge in [-0.1, -0.05) is 27.5 Å². The number of methoxy groups -OCH3 is 1. The fourth-order valence-corrected chi connectivity index (χ4v) is 3.56. The molecule has 0 fully saturated rings. The maximum atomic E-state index is 12.1. The van der Waals surface area contributed by atoms with E-state index in [4.69, 9.17) is 16.3 Å². The molecule has 0 saturated heterocycles. The van der Waals surface area contributed by atoms with E-state index in [1.54, 1.807) is 19.2 Å². The summed E-state index contributed by atoms with van der Waals surface area (Å²) < 4.78 is 32.4. The van der Waals surface area contributed by atoms with E-state index in [-0.39, 0.29) is 9.92 Å². The van der Waals surface area contributed by atoms with Crippen molar-refractivity contribution in [3.63, 3.8) is 0 Å². The molecule has 0 aliphatic carbocycles. The van der Waals surface area contributed by atoms with Gasteiger partial charge in [-0.05, 0) is 25.2 Å². The summed E-state index contributed by atoms with van der Waals surface area (Å²) >= 11 is 9.19. The van der Waals surface area contributed by atoms with Crippen LogP contribution in [0.4, 0.5) is 0 Å². The van der Waals surface area contributed by atoms with Crippen molar-refractivity contribution in [1.82, 2.24) is 9.62 Å². The topological polar surface area (TPSA) is 58.6 Å². The molecule has 0 heterocycles. The molecule has 0 aliphatic heterocycles. The summed E-state index contributed by atoms with van der Waals surface area (Å²) in [6, 6.07) is 4.68. The quantitative estimate of drug-likeness (QED) is 0.743. The van der Waals surface area contributed by atoms with Crippen LogP contribution < -0.4 is 4.72 Å². The largest absolute Gasteiger partial charge is 0.383 e. The molecule has 1 N–H and O–H groups in total. The zero-order valence-corrected chi connectivity index (χ0v) is 14.6. The Morgan fingerprint density at radius 3 is 2.70 bits per heavy atom. The number of hydrogen-bond acceptors (Lipinski definition) is 4. The van der Waals surface area contributed by atoms with Gasteiger partial charge in [-0.2, -0.15) is 0 Å². The summed E-state index contributed by atoms with van der Waals surface area (Å²) in [6.07, 6.45) is 0. The van der Waals surface area contributed by atoms with Crippen LogP contribution in [0, 0.1) is 0 Å². The number of hydrogen-bond donors (Lipinski definition) is 1. The van der Waals surface area contributed by atoms with Crippen LogP contribution in [0.25, 0.3) is 0 Å². The SMILES string of the molecule is COCCN(C)CCNS(=O)(=O)c1ccc(Br)cc1Cl. The number of nitrogens with zero attached hydrogens (tertiary/aromatic N) is 1. The van der Waals surface area contributed by atoms with Crippen molar-refractivity contribution in [3.05, 3.63) is 27.7 Å². The van der Waals surface area contributed by atoms with Gasteiger partial charge in [0, 0.05) is 31.2 Å². The number of rotatable bonds is 8. The molecule has 0 saturated carbocycles. The second-order valence-electron chi connectivity index (χ2n) is 4.27. The molecule has 0 aliphatic rings. The highest BCUT2D eigenvalue weighted by Gasteiger charge is 2.17. The van der Waals surface area contributed by atoms with E-state index in [2.05, 4.69) is 20.7 Å². The molecule has 0 spiro atoms. The third-order valence-electron chi connectivity index (χ3n) is 2.65. The lowest BCUT2D eigenvalue weighted by atomic mass is 10.4. The van der Waals surface area contributed by atoms with Crippen molar-refractivity contribution >= 4 is 37.6 Å². The molecular formula is C12H18BrClN2O3S. The van der Waals surface area contributed by atoms with Crippen molar-refractivity contribution in [2.24, 2.45) is 0 Å². The Bertz CT molecular complexity index is 540. The Labute approximate surface area is 133 Å². The van der Waals surface area contributed by atoms with Crippen molar-refractivity contribution in [2.75, 3.05) is 40.4 Å². The fourth-order valence-electron chi connectivity index (χ4n) is 1.50. The molecule has 1 aromatic carbocycles. The van der Waals surface area contributed by atoms with Crippen LogP contribution in [-0.2, 0) is 14.8 Å². The summed E-state index contributed by atoms with van der Waals surface area (Å²) in [6.45, 7) is 2.27. The third kappa shape index (κ3) is 5.67. The van der Waals surface area contributed by atoms with Gasteiger partial charge in [-0.25, -0.2) is 13.1 Å². The minimum absolute atomic E-state index is 0.0851. The van der Waals surface area contributed by atoms with E-state index in [0.717, 1.165) is 11.0 Å². The van der Waals surface area contributed by atoms with Crippen LogP contribution >= 0.6 is 27.5 Å². The molecule has 5 nitrogen and oxygen atoms in total. The molecular weight excluding hydrogens is 368 g/mol. The summed E-state index contributed by atoms with van der Waals surface area (Å²) in [5.74, 6) is 0. The van der Waals surface area contributed by atoms with Gasteiger partial charge in [0.1, 0.15) is 4.90 Å². The molecule has 0 radical (unpaired) electrons. The van der Waals surface area contributed by atoms with E-state index in [1.165, 1.54) is 6.07 Å². The van der Waals surface area contributed by atoms with Crippen molar-refractivity contribution in [1.29, 1.82) is 0 Å². The molecule has 0 bridgehead atoms. The van der Waals surface area contributed by atoms with Crippen LogP contribution in [0.15, 0.2) is 27.6 Å². The monoisotopic (exact) mass is 384 g/mol. The van der Waals surface area contributed by atoms with E-state index in [9.17, 15) is 8.42 Å². The van der Waals surface area contributed by atoms with Crippen LogP contribution in [0.5, 0.6) is 0 Å². The third-order valence-corrected chi connectivity index (χ3v) is 5.08. The molecule has 1 aromatic rings. The predicted molar refractivity (Wildman–Crippen MR) is 83.7 cm³/mol. The maximum Gasteiger partial charge on any atom is 0.242 e. The first-order valence-corrected chi connectivity index (χ1v) is 8.64. The van der Waals surface area contributed by atoms with Crippen LogP contribution in [0.2, 0.25) is 5.02 Å². The summed E-state index contributed by atoms with van der Waals surface area (Å²) in [5, 5.41) is 0.194. The minimum Gasteiger partial charge on any atom is -0.383 e. The van der Waals surface area contributed by atoms with Crippen LogP contribution in [-0.4, -0.2) is 53.7 Å². The molecule has 114 valence electrons. The highest BCUT2D eigenvalue weighted by atomic mass is 79.9. The molecule has 20 heavy (non-hydrogen) atoms. The average Bonchev–Trinajstić information content (AvgIpc) is 2.35. The Balaban J connectivity index is 2.58. The number of halogens is 2. The highest BCUT2D eigenvalue weighted by molar-refractivity contribution is 9.10. The zero-order valence-electron chi connectivity index (χ0n) is 11.4. The second-order valence-corrected chi connectivity index (χ2v) is 7.33. The molecule has 8 heteroatoms. The number of benzene rings is 1. The van der Waals surface area contributed by atoms with Gasteiger partial charge in [-0.3, -0.25) is 0 Å². The number of sulfonamides is 1. The molecule has 0 amide bonds. The lowest BCUT2D eigenvalue weighted by Gasteiger charge is -2.16. The Hall–Kier alpha value is -0.180. The lowest BCUT2D eigenvalue weighted by Crippen LogP contribution is -2.34. The normalized spacial score (nSPS) is 12.1. The molecule has 0 unspecified atom stereocenters. The first kappa shape index (κ1) is 17.9. The molecule has 1 rings (SSSR count). The predicted octanol–water partition coefficient (Wildman–Crippen LogP) is 1.96. The number of ether oxygens (including phenoxy) is 1. The summed E-state index contributed by atoms with van der Waals surface area (Å²) in [4.78, 5) is 2.07. The van der Waals surface area contributed by atoms with Crippen LogP contribution in [0.1, 0.15) is 0 Å². The van der Waals surface area contributed by atoms with Gasteiger partial charge in [0.15, 0.2) is 0 Å². The first-order chi connectivity index (χ1) is 9.36. The highest BCUT2D eigenvalue weighted by Crippen LogP contribution is 2.24. The smallest absolute Gasteiger partial charge is 0.242 e. The van der Waals surface area contributed by atoms with Crippen molar-refractivity contribution in [3.8, 4) is 0 Å². The summed E-state index contributed by atoms with van der Waals surface area (Å²) in [5.41, 5.74) is 0. The van der Waals surface area contributed by atoms with E-state index in [0.29, 0.717) is 19.7 Å². The van der Waals surface area contributed by atoms with Gasteiger partial charge in [0.2, 0.25) is 10.0 Å². The zero-order chi connectivity index (χ0) is 15.2. The Morgan fingerprint density at radius 2 is 2.10 bits per heavy atom. The standard InChI is InChI=1S/C12H18BrClN2O3S/c1-16(7-8-19-2)6-5-15-20(17,18)12-4-3-10(13)9-11(12)14/h3-4,9,15H,5-8H2,1-2H3. The fraction of sp³-hybridized carbons (Fsp3) is 0.500. The number of nitrogens with one attached hydrogen (secondary N) is 1. The van der Waals surface area contributed by atoms with E-state index < -0.39 is 10.0 Å². The first-order valence-electron chi connectivity index (χ1n) is 5.99. The molecule has 0 atom stereocenters. The molecule has 0 aromatic heterocycles. The lowest BCUT2D eigenvalue weighted by molar-refractivity contribution is 0.162. The Kier molecular flexibility index (Phi) is 7.42. The number of likely N-dealkylation sites (N-methyl/N-ethyl adjacent to an activating group) is 1. The van der Waals surface area contributed by atoms with Gasteiger partial charge in [-0.15, -0.1) is 0 Å². The van der Waals surface area contributed by atoms with Crippen molar-refractivity contribution in [2.45, 2.75) is 4.90 Å². The average molecular weight is 386 g/mol. The Morgan fingerprint density at radius 1 is 1.40 bits per heavy atom. The van der Waals surface area contributed by atoms with Gasteiger partial charge >= 0.3 is 0 Å². The van der Waals surface area contributed by atoms with E-state index in [1.807, 2.05) is 11.9 Å². The maximum absolute atomic E-state index is 12.1. The minimum atomic E-state index is -3.58. The van der Waals surface area contributed by atoms with Crippen LogP contribution in [0.3, 0.4) is 0 Å². The van der Waals surface area contributed by atoms with Crippen molar-refractivity contribution < 1.29 is 13.2 Å². The van der Waals surface area contributed by atoms with Gasteiger partial charge < -0.3 is 9.64 Å². The van der Waals surface area contributed by atoms with E-state index >= 15 is 0 Å². The summed E-state index contributed by atoms with van der Waals surface area (Å²) in [7, 11) is -0.0508.